The van der Waals surface area contributed by atoms with Crippen LogP contribution in [0.4, 0.5) is 0 Å². The van der Waals surface area contributed by atoms with Crippen LogP contribution >= 0.6 is 11.6 Å². The number of hydrogen-bond acceptors (Lipinski definition) is 4. The van der Waals surface area contributed by atoms with Crippen molar-refractivity contribution in [3.8, 4) is 0 Å². The van der Waals surface area contributed by atoms with Crippen molar-refractivity contribution in [1.29, 1.82) is 0 Å². The summed E-state index contributed by atoms with van der Waals surface area (Å²) in [6.45, 7) is 1.15. The number of hydrogen-bond donors (Lipinski definition) is 1. The van der Waals surface area contributed by atoms with E-state index >= 15 is 0 Å². The Morgan fingerprint density at radius 2 is 1.72 bits per heavy atom. The molecule has 39 heavy (non-hydrogen) atoms. The van der Waals surface area contributed by atoms with E-state index in [0.29, 0.717) is 31.0 Å². The summed E-state index contributed by atoms with van der Waals surface area (Å²) in [6.07, 6.45) is 13.6. The number of carbonyl (C=O) groups is 3. The second-order valence-electron chi connectivity index (χ2n) is 13.1. The van der Waals surface area contributed by atoms with Gasteiger partial charge in [-0.1, -0.05) is 36.2 Å². The fourth-order valence-electron chi connectivity index (χ4n) is 9.28. The molecule has 210 valence electrons. The summed E-state index contributed by atoms with van der Waals surface area (Å²) in [7, 11) is 1.39. The topological polar surface area (TPSA) is 75.7 Å². The Morgan fingerprint density at radius 1 is 1.05 bits per heavy atom. The lowest BCUT2D eigenvalue weighted by atomic mass is 9.49. The fourth-order valence-corrected chi connectivity index (χ4v) is 9.41. The molecule has 2 atom stereocenters. The first-order chi connectivity index (χ1) is 18.8. The molecule has 0 aromatic heterocycles. The van der Waals surface area contributed by atoms with Gasteiger partial charge in [-0.2, -0.15) is 0 Å². The maximum Gasteiger partial charge on any atom is 0.318 e. The van der Waals surface area contributed by atoms with E-state index in [1.165, 1.54) is 45.6 Å². The highest BCUT2D eigenvalue weighted by molar-refractivity contribution is 6.30. The summed E-state index contributed by atoms with van der Waals surface area (Å²) in [5, 5.41) is 3.93. The number of methoxy groups -OCH3 is 1. The molecule has 1 aromatic carbocycles. The largest absolute Gasteiger partial charge is 0.468 e. The zero-order chi connectivity index (χ0) is 27.2. The van der Waals surface area contributed by atoms with E-state index in [1.54, 1.807) is 4.90 Å². The molecule has 2 amide bonds. The molecule has 0 radical (unpaired) electrons. The minimum atomic E-state index is -1.10. The standard InChI is InChI=1S/C32H41ClN2O4/c1-39-30(38)32-11-4-2-3-5-27(32)35(12-10-21-6-8-25(33)9-7-21)29(37)26(32)16-28(36)34-20-31-17-22-13-23(18-31)15-24(14-22)19-31/h5-9,22-24,26H,2-4,10-20H2,1H3,(H,34,36)/t22?,23?,24?,26-,31?,32-/m1/s1. The number of allylic oxidation sites excluding steroid dienone is 1. The number of fused-ring (bicyclic) bond motifs is 1. The normalized spacial score (nSPS) is 34.9. The highest BCUT2D eigenvalue weighted by atomic mass is 35.5. The molecule has 7 heteroatoms. The predicted molar refractivity (Wildman–Crippen MR) is 150 cm³/mol. The number of nitrogens with one attached hydrogen (secondary N) is 1. The number of esters is 1. The maximum absolute atomic E-state index is 14.0. The van der Waals surface area contributed by atoms with Crippen LogP contribution in [-0.2, 0) is 25.5 Å². The summed E-state index contributed by atoms with van der Waals surface area (Å²) in [4.78, 5) is 42.8. The average molecular weight is 553 g/mol. The van der Waals surface area contributed by atoms with Crippen molar-refractivity contribution in [2.24, 2.45) is 34.5 Å². The Labute approximate surface area is 236 Å². The third kappa shape index (κ3) is 4.92. The first kappa shape index (κ1) is 26.9. The van der Waals surface area contributed by atoms with Crippen molar-refractivity contribution < 1.29 is 19.1 Å². The van der Waals surface area contributed by atoms with Crippen LogP contribution in [0.3, 0.4) is 0 Å². The highest BCUT2D eigenvalue weighted by Gasteiger charge is 2.61. The lowest BCUT2D eigenvalue weighted by Crippen LogP contribution is -2.51. The van der Waals surface area contributed by atoms with Crippen molar-refractivity contribution in [1.82, 2.24) is 10.2 Å². The molecule has 5 fully saturated rings. The van der Waals surface area contributed by atoms with E-state index in [2.05, 4.69) is 11.4 Å². The number of halogens is 1. The van der Waals surface area contributed by atoms with E-state index in [9.17, 15) is 14.4 Å². The molecule has 1 heterocycles. The number of benzene rings is 1. The highest BCUT2D eigenvalue weighted by Crippen LogP contribution is 2.60. The number of ether oxygens (including phenoxy) is 1. The summed E-state index contributed by atoms with van der Waals surface area (Å²) >= 11 is 6.06. The Kier molecular flexibility index (Phi) is 7.28. The fraction of sp³-hybridized carbons (Fsp3) is 0.656. The third-order valence-electron chi connectivity index (χ3n) is 10.6. The van der Waals surface area contributed by atoms with Gasteiger partial charge in [0.05, 0.1) is 13.0 Å². The van der Waals surface area contributed by atoms with Gasteiger partial charge in [0.2, 0.25) is 11.8 Å². The zero-order valence-electron chi connectivity index (χ0n) is 23.1. The van der Waals surface area contributed by atoms with Gasteiger partial charge in [-0.3, -0.25) is 14.4 Å². The molecule has 1 saturated heterocycles. The average Bonchev–Trinajstić information content (AvgIpc) is 3.03. The van der Waals surface area contributed by atoms with Crippen molar-refractivity contribution in [3.63, 3.8) is 0 Å². The van der Waals surface area contributed by atoms with Gasteiger partial charge in [-0.25, -0.2) is 0 Å². The molecule has 4 bridgehead atoms. The third-order valence-corrected chi connectivity index (χ3v) is 10.8. The van der Waals surface area contributed by atoms with Gasteiger partial charge < -0.3 is 15.0 Å². The summed E-state index contributed by atoms with van der Waals surface area (Å²) in [5.41, 5.74) is 0.939. The van der Waals surface area contributed by atoms with Crippen LogP contribution in [-0.4, -0.2) is 42.9 Å². The first-order valence-electron chi connectivity index (χ1n) is 14.9. The van der Waals surface area contributed by atoms with Gasteiger partial charge in [0.15, 0.2) is 0 Å². The molecule has 1 aromatic rings. The van der Waals surface area contributed by atoms with Crippen LogP contribution in [0.15, 0.2) is 36.0 Å². The van der Waals surface area contributed by atoms with E-state index in [0.717, 1.165) is 48.3 Å². The van der Waals surface area contributed by atoms with Crippen LogP contribution in [0.25, 0.3) is 0 Å². The van der Waals surface area contributed by atoms with Crippen LogP contribution < -0.4 is 5.32 Å². The lowest BCUT2D eigenvalue weighted by Gasteiger charge is -2.56. The van der Waals surface area contributed by atoms with Gasteiger partial charge >= 0.3 is 5.97 Å². The summed E-state index contributed by atoms with van der Waals surface area (Å²) < 4.78 is 5.35. The van der Waals surface area contributed by atoms with Crippen molar-refractivity contribution in [2.75, 3.05) is 20.2 Å². The minimum absolute atomic E-state index is 0.0229. The molecular formula is C32H41ClN2O4. The Bertz CT molecular complexity index is 1130. The molecule has 6 aliphatic rings. The molecule has 0 spiro atoms. The van der Waals surface area contributed by atoms with Crippen LogP contribution in [0.1, 0.15) is 76.2 Å². The van der Waals surface area contributed by atoms with Gasteiger partial charge in [0.25, 0.3) is 0 Å². The molecule has 1 N–H and O–H groups in total. The molecule has 7 rings (SSSR count). The Morgan fingerprint density at radius 3 is 2.36 bits per heavy atom. The quantitative estimate of drug-likeness (QED) is 0.421. The zero-order valence-corrected chi connectivity index (χ0v) is 23.8. The number of carbonyl (C=O) groups excluding carboxylic acids is 3. The maximum atomic E-state index is 14.0. The second kappa shape index (κ2) is 10.6. The monoisotopic (exact) mass is 552 g/mol. The second-order valence-corrected chi connectivity index (χ2v) is 13.6. The molecule has 6 nitrogen and oxygen atoms in total. The number of likely N-dealkylation sites (tertiary alicyclic amines) is 1. The Balaban J connectivity index is 1.21. The van der Waals surface area contributed by atoms with E-state index in [4.69, 9.17) is 16.3 Å². The minimum Gasteiger partial charge on any atom is -0.468 e. The van der Waals surface area contributed by atoms with Gasteiger partial charge in [0, 0.05) is 30.2 Å². The lowest BCUT2D eigenvalue weighted by molar-refractivity contribution is -0.155. The smallest absolute Gasteiger partial charge is 0.318 e. The Hall–Kier alpha value is -2.34. The molecular weight excluding hydrogens is 512 g/mol. The number of amides is 2. The number of rotatable bonds is 8. The van der Waals surface area contributed by atoms with E-state index in [-0.39, 0.29) is 23.7 Å². The van der Waals surface area contributed by atoms with Crippen molar-refractivity contribution in [2.45, 2.75) is 77.0 Å². The van der Waals surface area contributed by atoms with Gasteiger partial charge in [0.1, 0.15) is 5.41 Å². The van der Waals surface area contributed by atoms with Gasteiger partial charge in [-0.15, -0.1) is 0 Å². The predicted octanol–water partition coefficient (Wildman–Crippen LogP) is 5.68. The van der Waals surface area contributed by atoms with Crippen LogP contribution in [0, 0.1) is 34.5 Å². The molecule has 5 aliphatic carbocycles. The van der Waals surface area contributed by atoms with Crippen molar-refractivity contribution in [3.05, 3.63) is 46.6 Å². The van der Waals surface area contributed by atoms with Crippen LogP contribution in [0.5, 0.6) is 0 Å². The van der Waals surface area contributed by atoms with Crippen molar-refractivity contribution >= 4 is 29.4 Å². The molecule has 4 saturated carbocycles. The summed E-state index contributed by atoms with van der Waals surface area (Å²) in [6, 6.07) is 7.63. The summed E-state index contributed by atoms with van der Waals surface area (Å²) in [5.74, 6) is 1.08. The first-order valence-corrected chi connectivity index (χ1v) is 15.3. The SMILES string of the molecule is COC(=O)[C@@]12CCCCC=C1N(CCc1ccc(Cl)cc1)C(=O)[C@H]2CC(=O)NCC12CC3CC(CC(C3)C1)C2. The number of nitrogens with zero attached hydrogens (tertiary/aromatic N) is 1. The van der Waals surface area contributed by atoms with Gasteiger partial charge in [-0.05, 0) is 105 Å². The molecule has 0 unspecified atom stereocenters. The van der Waals surface area contributed by atoms with Crippen LogP contribution in [0.2, 0.25) is 5.02 Å². The molecule has 1 aliphatic heterocycles. The van der Waals surface area contributed by atoms with E-state index in [1.807, 2.05) is 24.3 Å². The van der Waals surface area contributed by atoms with E-state index < -0.39 is 17.3 Å².